The molecule has 1 aliphatic heterocycles. The van der Waals surface area contributed by atoms with Crippen LogP contribution in [-0.2, 0) is 9.47 Å². The molecule has 19 heavy (non-hydrogen) atoms. The molecule has 1 heterocycles. The Bertz CT molecular complexity index is 193. The van der Waals surface area contributed by atoms with E-state index in [9.17, 15) is 0 Å². The molecule has 0 aromatic heterocycles. The Morgan fingerprint density at radius 2 is 1.21 bits per heavy atom. The fourth-order valence-electron chi connectivity index (χ4n) is 3.22. The van der Waals surface area contributed by atoms with Crippen LogP contribution in [0.4, 0.5) is 0 Å². The summed E-state index contributed by atoms with van der Waals surface area (Å²) in [6.07, 6.45) is 14.1. The third-order valence-electron chi connectivity index (χ3n) is 4.47. The van der Waals surface area contributed by atoms with Gasteiger partial charge in [-0.3, -0.25) is 0 Å². The van der Waals surface area contributed by atoms with E-state index >= 15 is 0 Å². The fourth-order valence-corrected chi connectivity index (χ4v) is 8.83. The number of rotatable bonds is 11. The second-order valence-corrected chi connectivity index (χ2v) is 11.1. The maximum atomic E-state index is 5.76. The summed E-state index contributed by atoms with van der Waals surface area (Å²) in [5, 5.41) is 0. The molecule has 0 bridgehead atoms. The van der Waals surface area contributed by atoms with Gasteiger partial charge < -0.3 is 0 Å². The molecule has 0 atom stereocenters. The van der Waals surface area contributed by atoms with Crippen molar-refractivity contribution in [3.05, 3.63) is 0 Å². The second-order valence-electron chi connectivity index (χ2n) is 6.19. The van der Waals surface area contributed by atoms with Gasteiger partial charge in [-0.05, 0) is 0 Å². The topological polar surface area (TPSA) is 18.5 Å². The Labute approximate surface area is 121 Å². The molecule has 1 fully saturated rings. The summed E-state index contributed by atoms with van der Waals surface area (Å²) in [4.78, 5) is 0. The second kappa shape index (κ2) is 10.1. The zero-order chi connectivity index (χ0) is 14.0. The number of hydrogen-bond acceptors (Lipinski definition) is 2. The first kappa shape index (κ1) is 17.4. The van der Waals surface area contributed by atoms with Gasteiger partial charge in [0.1, 0.15) is 0 Å². The third kappa shape index (κ3) is 6.56. The van der Waals surface area contributed by atoms with Crippen molar-refractivity contribution in [2.45, 2.75) is 65.6 Å². The van der Waals surface area contributed by atoms with Crippen LogP contribution in [0.5, 0.6) is 0 Å². The number of unbranched alkanes of at least 4 members (excludes halogenated alkanes) is 3. The van der Waals surface area contributed by atoms with E-state index in [1.54, 1.807) is 0 Å². The zero-order valence-electron chi connectivity index (χ0n) is 13.4. The van der Waals surface area contributed by atoms with Gasteiger partial charge in [0.25, 0.3) is 0 Å². The van der Waals surface area contributed by atoms with Crippen LogP contribution in [0.1, 0.15) is 59.3 Å². The van der Waals surface area contributed by atoms with Crippen molar-refractivity contribution in [1.82, 2.24) is 0 Å². The van der Waals surface area contributed by atoms with Crippen molar-refractivity contribution in [2.75, 3.05) is 37.9 Å². The van der Waals surface area contributed by atoms with E-state index in [4.69, 9.17) is 9.47 Å². The van der Waals surface area contributed by atoms with Crippen LogP contribution in [0.3, 0.4) is 0 Å². The normalized spacial score (nSPS) is 18.1. The molecular weight excluding hydrogens is 255 g/mol. The van der Waals surface area contributed by atoms with E-state index in [0.717, 1.165) is 13.2 Å². The van der Waals surface area contributed by atoms with E-state index in [1.165, 1.54) is 63.2 Å². The first-order valence-electron chi connectivity index (χ1n) is 8.49. The van der Waals surface area contributed by atoms with Gasteiger partial charge in [0, 0.05) is 0 Å². The minimum absolute atomic E-state index is 0.136. The molecule has 1 rings (SSSR count). The van der Waals surface area contributed by atoms with Crippen LogP contribution in [0.25, 0.3) is 0 Å². The van der Waals surface area contributed by atoms with Crippen LogP contribution >= 0.6 is 7.26 Å². The van der Waals surface area contributed by atoms with Gasteiger partial charge in [-0.1, -0.05) is 0 Å². The van der Waals surface area contributed by atoms with E-state index in [1.807, 2.05) is 0 Å². The van der Waals surface area contributed by atoms with Gasteiger partial charge in [0.15, 0.2) is 0 Å². The van der Waals surface area contributed by atoms with Crippen molar-refractivity contribution >= 4 is 7.26 Å². The summed E-state index contributed by atoms with van der Waals surface area (Å²) in [6, 6.07) is 0. The Hall–Kier alpha value is 0.350. The Kier molecular flexibility index (Phi) is 9.28. The van der Waals surface area contributed by atoms with Crippen LogP contribution < -0.4 is 0 Å². The SMILES string of the molecule is CCCC[PH](CCCC)(CCCC)CC1OCCO1. The van der Waals surface area contributed by atoms with E-state index < -0.39 is 7.26 Å². The van der Waals surface area contributed by atoms with E-state index in [-0.39, 0.29) is 6.29 Å². The van der Waals surface area contributed by atoms with Crippen molar-refractivity contribution in [3.8, 4) is 0 Å². The minimum atomic E-state index is -1.17. The average molecular weight is 290 g/mol. The summed E-state index contributed by atoms with van der Waals surface area (Å²) >= 11 is 0. The van der Waals surface area contributed by atoms with E-state index in [2.05, 4.69) is 20.8 Å². The zero-order valence-corrected chi connectivity index (χ0v) is 14.4. The van der Waals surface area contributed by atoms with Crippen molar-refractivity contribution < 1.29 is 9.47 Å². The summed E-state index contributed by atoms with van der Waals surface area (Å²) in [5.41, 5.74) is 0. The van der Waals surface area contributed by atoms with Gasteiger partial charge in [0.2, 0.25) is 0 Å². The molecule has 0 unspecified atom stereocenters. The van der Waals surface area contributed by atoms with E-state index in [0.29, 0.717) is 0 Å². The van der Waals surface area contributed by atoms with Gasteiger partial charge >= 0.3 is 120 Å². The quantitative estimate of drug-likeness (QED) is 0.521. The van der Waals surface area contributed by atoms with Gasteiger partial charge in [-0.15, -0.1) is 0 Å². The molecule has 0 aliphatic carbocycles. The van der Waals surface area contributed by atoms with Gasteiger partial charge in [-0.25, -0.2) is 0 Å². The summed E-state index contributed by atoms with van der Waals surface area (Å²) < 4.78 is 11.5. The Balaban J connectivity index is 2.61. The molecule has 0 aromatic carbocycles. The molecular formula is C16H35O2P. The molecule has 0 radical (unpaired) electrons. The monoisotopic (exact) mass is 290 g/mol. The number of ether oxygens (including phenoxy) is 2. The first-order chi connectivity index (χ1) is 9.26. The molecule has 0 aromatic rings. The molecule has 1 saturated heterocycles. The van der Waals surface area contributed by atoms with Crippen molar-refractivity contribution in [1.29, 1.82) is 0 Å². The maximum absolute atomic E-state index is 5.76. The average Bonchev–Trinajstić information content (AvgIpc) is 2.93. The molecule has 0 N–H and O–H groups in total. The van der Waals surface area contributed by atoms with Crippen LogP contribution in [0.15, 0.2) is 0 Å². The Morgan fingerprint density at radius 3 is 1.58 bits per heavy atom. The van der Waals surface area contributed by atoms with Crippen LogP contribution in [-0.4, -0.2) is 44.2 Å². The summed E-state index contributed by atoms with van der Waals surface area (Å²) in [6.45, 7) is 8.58. The Morgan fingerprint density at radius 1 is 0.789 bits per heavy atom. The van der Waals surface area contributed by atoms with Crippen LogP contribution in [0.2, 0.25) is 0 Å². The van der Waals surface area contributed by atoms with Crippen LogP contribution in [0, 0.1) is 0 Å². The molecule has 0 saturated carbocycles. The van der Waals surface area contributed by atoms with Gasteiger partial charge in [0.05, 0.1) is 0 Å². The molecule has 0 amide bonds. The predicted molar refractivity (Wildman–Crippen MR) is 88.2 cm³/mol. The first-order valence-corrected chi connectivity index (χ1v) is 11.3. The van der Waals surface area contributed by atoms with Crippen molar-refractivity contribution in [3.63, 3.8) is 0 Å². The molecule has 2 nitrogen and oxygen atoms in total. The molecule has 1 aliphatic rings. The van der Waals surface area contributed by atoms with Gasteiger partial charge in [-0.2, -0.15) is 0 Å². The standard InChI is InChI=1S/C16H35O2P/c1-4-7-12-19(13-8-5-2,14-9-6-3)15-16-17-10-11-18-16/h16,19H,4-15H2,1-3H3. The predicted octanol–water partition coefficient (Wildman–Crippen LogP) is 4.51. The molecule has 116 valence electrons. The summed E-state index contributed by atoms with van der Waals surface area (Å²) in [7, 11) is -1.17. The van der Waals surface area contributed by atoms with Crippen molar-refractivity contribution in [2.24, 2.45) is 0 Å². The fraction of sp³-hybridized carbons (Fsp3) is 1.00. The molecule has 0 spiro atoms. The summed E-state index contributed by atoms with van der Waals surface area (Å²) in [5.74, 6) is 0. The third-order valence-corrected chi connectivity index (χ3v) is 9.91. The number of hydrogen-bond donors (Lipinski definition) is 0. The molecule has 3 heteroatoms.